The van der Waals surface area contributed by atoms with E-state index < -0.39 is 18.6 Å². The molecule has 1 atom stereocenters. The van der Waals surface area contributed by atoms with Gasteiger partial charge in [0, 0.05) is 24.0 Å². The summed E-state index contributed by atoms with van der Waals surface area (Å²) in [5, 5.41) is 13.1. The molecule has 0 unspecified atom stereocenters. The predicted molar refractivity (Wildman–Crippen MR) is 94.9 cm³/mol. The van der Waals surface area contributed by atoms with Crippen molar-refractivity contribution in [3.8, 4) is 5.88 Å². The van der Waals surface area contributed by atoms with E-state index in [4.69, 9.17) is 4.74 Å². The van der Waals surface area contributed by atoms with Crippen LogP contribution in [0.4, 0.5) is 19.1 Å². The normalized spacial score (nSPS) is 21.9. The summed E-state index contributed by atoms with van der Waals surface area (Å²) in [6.45, 7) is 1.44. The minimum Gasteiger partial charge on any atom is -0.480 e. The van der Waals surface area contributed by atoms with E-state index >= 15 is 0 Å². The third kappa shape index (κ3) is 4.77. The molecule has 2 aromatic rings. The molecule has 2 heterocycles. The first-order valence-corrected chi connectivity index (χ1v) is 8.98. The standard InChI is InChI=1S/C18H23F3N4O2/c1-10(7-18(19,20)21)24-17-23-9-14-15(25-17)13(8-22-16(14)27-2)11-3-5-12(26)6-4-11/h8-12,26H,3-7H2,1-2H3,(H,23,24,25)/t10-,11-,12-/m1/s1. The van der Waals surface area contributed by atoms with Crippen LogP contribution in [0.25, 0.3) is 10.9 Å². The Morgan fingerprint density at radius 3 is 2.56 bits per heavy atom. The average molecular weight is 384 g/mol. The van der Waals surface area contributed by atoms with Gasteiger partial charge in [-0.05, 0) is 38.5 Å². The summed E-state index contributed by atoms with van der Waals surface area (Å²) in [7, 11) is 1.50. The van der Waals surface area contributed by atoms with Gasteiger partial charge in [0.25, 0.3) is 0 Å². The van der Waals surface area contributed by atoms with Crippen LogP contribution in [0.5, 0.6) is 5.88 Å². The number of hydrogen-bond donors (Lipinski definition) is 2. The highest BCUT2D eigenvalue weighted by atomic mass is 19.4. The van der Waals surface area contributed by atoms with Gasteiger partial charge < -0.3 is 15.2 Å². The van der Waals surface area contributed by atoms with E-state index in [1.54, 1.807) is 6.20 Å². The molecule has 2 N–H and O–H groups in total. The Labute approximate surface area is 155 Å². The summed E-state index contributed by atoms with van der Waals surface area (Å²) in [5.41, 5.74) is 1.53. The van der Waals surface area contributed by atoms with Crippen molar-refractivity contribution in [1.82, 2.24) is 15.0 Å². The highest BCUT2D eigenvalue weighted by Crippen LogP contribution is 2.37. The molecular weight excluding hydrogens is 361 g/mol. The molecule has 2 aromatic heterocycles. The number of nitrogens with one attached hydrogen (secondary N) is 1. The molecule has 0 aliphatic heterocycles. The minimum absolute atomic E-state index is 0.143. The summed E-state index contributed by atoms with van der Waals surface area (Å²) in [5.74, 6) is 0.703. The van der Waals surface area contributed by atoms with Crippen LogP contribution in [-0.2, 0) is 0 Å². The fraction of sp³-hybridized carbons (Fsp3) is 0.611. The molecule has 0 radical (unpaired) electrons. The number of aliphatic hydroxyl groups excluding tert-OH is 1. The highest BCUT2D eigenvalue weighted by molar-refractivity contribution is 5.86. The van der Waals surface area contributed by atoms with Crippen LogP contribution in [0.15, 0.2) is 12.4 Å². The molecule has 3 rings (SSSR count). The van der Waals surface area contributed by atoms with Crippen molar-refractivity contribution in [2.24, 2.45) is 0 Å². The van der Waals surface area contributed by atoms with Gasteiger partial charge in [0.2, 0.25) is 11.8 Å². The zero-order chi connectivity index (χ0) is 19.6. The molecule has 6 nitrogen and oxygen atoms in total. The number of rotatable bonds is 5. The number of aliphatic hydroxyl groups is 1. The molecule has 1 aliphatic carbocycles. The zero-order valence-electron chi connectivity index (χ0n) is 15.3. The maximum absolute atomic E-state index is 12.6. The van der Waals surface area contributed by atoms with Crippen LogP contribution in [0.1, 0.15) is 50.5 Å². The van der Waals surface area contributed by atoms with Crippen molar-refractivity contribution in [3.05, 3.63) is 18.0 Å². The molecule has 0 bridgehead atoms. The first-order chi connectivity index (χ1) is 12.8. The Morgan fingerprint density at radius 1 is 1.22 bits per heavy atom. The van der Waals surface area contributed by atoms with E-state index in [1.165, 1.54) is 20.2 Å². The second-order valence-electron chi connectivity index (χ2n) is 7.05. The van der Waals surface area contributed by atoms with Crippen molar-refractivity contribution in [1.29, 1.82) is 0 Å². The quantitative estimate of drug-likeness (QED) is 0.816. The number of alkyl halides is 3. The first-order valence-electron chi connectivity index (χ1n) is 8.98. The molecule has 0 spiro atoms. The molecule has 9 heteroatoms. The summed E-state index contributed by atoms with van der Waals surface area (Å²) in [6.07, 6.45) is 0.745. The SMILES string of the molecule is COc1ncc([C@H]2CC[C@H](O)CC2)c2nc(N[C@H](C)CC(F)(F)F)ncc12. The van der Waals surface area contributed by atoms with Crippen LogP contribution in [0, 0.1) is 0 Å². The zero-order valence-corrected chi connectivity index (χ0v) is 15.3. The molecule has 0 saturated heterocycles. The number of methoxy groups -OCH3 is 1. The van der Waals surface area contributed by atoms with Gasteiger partial charge in [0.05, 0.1) is 30.5 Å². The van der Waals surface area contributed by atoms with Gasteiger partial charge in [-0.3, -0.25) is 0 Å². The Bertz CT molecular complexity index is 792. The van der Waals surface area contributed by atoms with Crippen molar-refractivity contribution in [2.45, 2.75) is 63.3 Å². The molecule has 0 aromatic carbocycles. The van der Waals surface area contributed by atoms with Gasteiger partial charge in [0.15, 0.2) is 0 Å². The van der Waals surface area contributed by atoms with E-state index in [-0.39, 0.29) is 18.0 Å². The molecule has 27 heavy (non-hydrogen) atoms. The summed E-state index contributed by atoms with van der Waals surface area (Å²) in [4.78, 5) is 12.9. The lowest BCUT2D eigenvalue weighted by Gasteiger charge is -2.26. The van der Waals surface area contributed by atoms with Gasteiger partial charge in [-0.15, -0.1) is 0 Å². The molecule has 1 fully saturated rings. The van der Waals surface area contributed by atoms with Gasteiger partial charge >= 0.3 is 6.18 Å². The lowest BCUT2D eigenvalue weighted by atomic mass is 9.83. The van der Waals surface area contributed by atoms with Crippen molar-refractivity contribution < 1.29 is 23.0 Å². The number of nitrogens with zero attached hydrogens (tertiary/aromatic N) is 3. The Balaban J connectivity index is 1.93. The maximum atomic E-state index is 12.6. The van der Waals surface area contributed by atoms with Gasteiger partial charge in [-0.1, -0.05) is 0 Å². The second-order valence-corrected chi connectivity index (χ2v) is 7.05. The fourth-order valence-corrected chi connectivity index (χ4v) is 3.55. The average Bonchev–Trinajstić information content (AvgIpc) is 2.60. The van der Waals surface area contributed by atoms with Crippen LogP contribution >= 0.6 is 0 Å². The lowest BCUT2D eigenvalue weighted by molar-refractivity contribution is -0.136. The van der Waals surface area contributed by atoms with Crippen molar-refractivity contribution in [3.63, 3.8) is 0 Å². The number of aromatic nitrogens is 3. The molecule has 148 valence electrons. The second kappa shape index (κ2) is 7.84. The summed E-state index contributed by atoms with van der Waals surface area (Å²) < 4.78 is 43.0. The molecule has 1 saturated carbocycles. The summed E-state index contributed by atoms with van der Waals surface area (Å²) >= 11 is 0. The van der Waals surface area contributed by atoms with Crippen LogP contribution in [0.3, 0.4) is 0 Å². The van der Waals surface area contributed by atoms with Crippen LogP contribution < -0.4 is 10.1 Å². The van der Waals surface area contributed by atoms with E-state index in [0.29, 0.717) is 29.6 Å². The number of anilines is 1. The predicted octanol–water partition coefficient (Wildman–Crippen LogP) is 3.80. The number of hydrogen-bond acceptors (Lipinski definition) is 6. The number of pyridine rings is 1. The molecule has 1 aliphatic rings. The Hall–Kier alpha value is -2.16. The molecule has 0 amide bonds. The Morgan fingerprint density at radius 2 is 1.93 bits per heavy atom. The number of halogens is 3. The first kappa shape index (κ1) is 19.6. The highest BCUT2D eigenvalue weighted by Gasteiger charge is 2.30. The van der Waals surface area contributed by atoms with Crippen LogP contribution in [-0.4, -0.2) is 45.5 Å². The van der Waals surface area contributed by atoms with Crippen LogP contribution in [0.2, 0.25) is 0 Å². The minimum atomic E-state index is -4.26. The van der Waals surface area contributed by atoms with Crippen molar-refractivity contribution in [2.75, 3.05) is 12.4 Å². The van der Waals surface area contributed by atoms with E-state index in [9.17, 15) is 18.3 Å². The number of fused-ring (bicyclic) bond motifs is 1. The van der Waals surface area contributed by atoms with E-state index in [1.807, 2.05) is 0 Å². The number of ether oxygens (including phenoxy) is 1. The van der Waals surface area contributed by atoms with Gasteiger partial charge in [-0.25, -0.2) is 15.0 Å². The van der Waals surface area contributed by atoms with E-state index in [0.717, 1.165) is 18.4 Å². The summed E-state index contributed by atoms with van der Waals surface area (Å²) in [6, 6.07) is -0.848. The van der Waals surface area contributed by atoms with E-state index in [2.05, 4.69) is 20.3 Å². The third-order valence-electron chi connectivity index (χ3n) is 4.86. The Kier molecular flexibility index (Phi) is 5.69. The maximum Gasteiger partial charge on any atom is 0.391 e. The molecular formula is C18H23F3N4O2. The smallest absolute Gasteiger partial charge is 0.391 e. The third-order valence-corrected chi connectivity index (χ3v) is 4.86. The van der Waals surface area contributed by atoms with Crippen molar-refractivity contribution >= 4 is 16.9 Å². The largest absolute Gasteiger partial charge is 0.480 e. The van der Waals surface area contributed by atoms with Gasteiger partial charge in [-0.2, -0.15) is 13.2 Å². The topological polar surface area (TPSA) is 80.2 Å². The van der Waals surface area contributed by atoms with Gasteiger partial charge in [0.1, 0.15) is 0 Å². The lowest BCUT2D eigenvalue weighted by Crippen LogP contribution is -2.25. The fourth-order valence-electron chi connectivity index (χ4n) is 3.55. The monoisotopic (exact) mass is 384 g/mol.